The van der Waals surface area contributed by atoms with E-state index in [9.17, 15) is 22.4 Å². The highest BCUT2D eigenvalue weighted by molar-refractivity contribution is 6.30. The molecule has 0 aliphatic carbocycles. The van der Waals surface area contributed by atoms with Gasteiger partial charge in [0.25, 0.3) is 0 Å². The van der Waals surface area contributed by atoms with E-state index in [-0.39, 0.29) is 6.07 Å². The smallest absolute Gasteiger partial charge is 0.293 e. The van der Waals surface area contributed by atoms with Crippen LogP contribution in [-0.4, -0.2) is 11.7 Å². The van der Waals surface area contributed by atoms with Gasteiger partial charge in [0.1, 0.15) is 11.9 Å². The van der Waals surface area contributed by atoms with Crippen molar-refractivity contribution in [2.24, 2.45) is 0 Å². The van der Waals surface area contributed by atoms with Gasteiger partial charge >= 0.3 is 6.18 Å². The van der Waals surface area contributed by atoms with E-state index in [1.54, 1.807) is 0 Å². The van der Waals surface area contributed by atoms with E-state index in [4.69, 9.17) is 16.9 Å². The molecule has 1 rings (SSSR count). The summed E-state index contributed by atoms with van der Waals surface area (Å²) in [6, 6.07) is 1.93. The molecule has 0 aliphatic heterocycles. The molecule has 0 bridgehead atoms. The monoisotopic (exact) mass is 265 g/mol. The van der Waals surface area contributed by atoms with Gasteiger partial charge < -0.3 is 0 Å². The van der Waals surface area contributed by atoms with Crippen LogP contribution in [0.5, 0.6) is 0 Å². The SMILES string of the molecule is N#Cc1c(F)cc(C(F)(F)F)cc1C(=O)CCl. The van der Waals surface area contributed by atoms with Gasteiger partial charge in [-0.2, -0.15) is 18.4 Å². The molecule has 17 heavy (non-hydrogen) atoms. The predicted molar refractivity (Wildman–Crippen MR) is 51.2 cm³/mol. The third-order valence-electron chi connectivity index (χ3n) is 1.95. The molecule has 0 saturated heterocycles. The van der Waals surface area contributed by atoms with E-state index in [1.165, 1.54) is 6.07 Å². The number of rotatable bonds is 2. The Morgan fingerprint density at radius 2 is 2.00 bits per heavy atom. The second kappa shape index (κ2) is 4.72. The van der Waals surface area contributed by atoms with Crippen LogP contribution in [0.1, 0.15) is 21.5 Å². The Bertz CT molecular complexity index is 504. The molecule has 0 aromatic heterocycles. The van der Waals surface area contributed by atoms with Crippen molar-refractivity contribution in [1.29, 1.82) is 5.26 Å². The average Bonchev–Trinajstić information content (AvgIpc) is 2.25. The van der Waals surface area contributed by atoms with Crippen molar-refractivity contribution in [3.8, 4) is 6.07 Å². The van der Waals surface area contributed by atoms with Crippen molar-refractivity contribution < 1.29 is 22.4 Å². The number of carbonyl (C=O) groups is 1. The van der Waals surface area contributed by atoms with Gasteiger partial charge in [-0.25, -0.2) is 4.39 Å². The third-order valence-corrected chi connectivity index (χ3v) is 2.19. The molecule has 0 atom stereocenters. The van der Waals surface area contributed by atoms with E-state index in [2.05, 4.69) is 0 Å². The molecule has 0 radical (unpaired) electrons. The van der Waals surface area contributed by atoms with Crippen molar-refractivity contribution in [2.75, 3.05) is 5.88 Å². The van der Waals surface area contributed by atoms with Crippen LogP contribution < -0.4 is 0 Å². The number of hydrogen-bond acceptors (Lipinski definition) is 2. The molecule has 0 amide bonds. The molecular weight excluding hydrogens is 262 g/mol. The van der Waals surface area contributed by atoms with Crippen molar-refractivity contribution in [1.82, 2.24) is 0 Å². The molecule has 0 saturated carbocycles. The van der Waals surface area contributed by atoms with Crippen LogP contribution in [0.2, 0.25) is 0 Å². The molecule has 0 unspecified atom stereocenters. The maximum atomic E-state index is 13.2. The maximum Gasteiger partial charge on any atom is 0.416 e. The minimum absolute atomic E-state index is 0.170. The maximum absolute atomic E-state index is 13.2. The average molecular weight is 266 g/mol. The highest BCUT2D eigenvalue weighted by Crippen LogP contribution is 2.31. The number of benzene rings is 1. The zero-order valence-corrected chi connectivity index (χ0v) is 8.86. The molecule has 0 spiro atoms. The minimum Gasteiger partial charge on any atom is -0.293 e. The van der Waals surface area contributed by atoms with E-state index in [1.807, 2.05) is 0 Å². The Kier molecular flexibility index (Phi) is 3.73. The molecule has 2 nitrogen and oxygen atoms in total. The highest BCUT2D eigenvalue weighted by atomic mass is 35.5. The first-order valence-electron chi connectivity index (χ1n) is 4.21. The lowest BCUT2D eigenvalue weighted by molar-refractivity contribution is -0.137. The Morgan fingerprint density at radius 3 is 2.41 bits per heavy atom. The van der Waals surface area contributed by atoms with Crippen LogP contribution in [0.3, 0.4) is 0 Å². The summed E-state index contributed by atoms with van der Waals surface area (Å²) >= 11 is 5.17. The first-order chi connectivity index (χ1) is 7.81. The van der Waals surface area contributed by atoms with Crippen LogP contribution in [0, 0.1) is 17.1 Å². The zero-order valence-electron chi connectivity index (χ0n) is 8.11. The highest BCUT2D eigenvalue weighted by Gasteiger charge is 2.33. The van der Waals surface area contributed by atoms with Crippen LogP contribution >= 0.6 is 11.6 Å². The summed E-state index contributed by atoms with van der Waals surface area (Å²) < 4.78 is 50.3. The summed E-state index contributed by atoms with van der Waals surface area (Å²) in [6.07, 6.45) is -4.80. The van der Waals surface area contributed by atoms with Crippen LogP contribution in [-0.2, 0) is 6.18 Å². The Morgan fingerprint density at radius 1 is 1.41 bits per heavy atom. The Labute approximate surface area is 98.4 Å². The number of nitriles is 1. The lowest BCUT2D eigenvalue weighted by Gasteiger charge is -2.09. The summed E-state index contributed by atoms with van der Waals surface area (Å²) in [7, 11) is 0. The Balaban J connectivity index is 3.51. The van der Waals surface area contributed by atoms with Crippen LogP contribution in [0.15, 0.2) is 12.1 Å². The lowest BCUT2D eigenvalue weighted by Crippen LogP contribution is -2.12. The van der Waals surface area contributed by atoms with Gasteiger partial charge in [0.2, 0.25) is 0 Å². The van der Waals surface area contributed by atoms with Gasteiger partial charge in [0, 0.05) is 5.56 Å². The molecule has 90 valence electrons. The number of nitrogens with zero attached hydrogens (tertiary/aromatic N) is 1. The molecule has 7 heteroatoms. The standard InChI is InChI=1S/C10H4ClF4NO/c11-3-9(17)6-1-5(10(13,14)15)2-8(12)7(6)4-16/h1-2H,3H2. The van der Waals surface area contributed by atoms with Gasteiger partial charge in [0.15, 0.2) is 5.78 Å². The lowest BCUT2D eigenvalue weighted by atomic mass is 10.0. The van der Waals surface area contributed by atoms with Crippen molar-refractivity contribution >= 4 is 17.4 Å². The summed E-state index contributed by atoms with van der Waals surface area (Å²) in [5.74, 6) is -2.96. The minimum atomic E-state index is -4.80. The van der Waals surface area contributed by atoms with E-state index < -0.39 is 40.3 Å². The van der Waals surface area contributed by atoms with E-state index >= 15 is 0 Å². The molecule has 1 aromatic rings. The molecule has 1 aromatic carbocycles. The number of hydrogen-bond donors (Lipinski definition) is 0. The molecule has 0 fully saturated rings. The largest absolute Gasteiger partial charge is 0.416 e. The molecular formula is C10H4ClF4NO. The number of halogens is 5. The Hall–Kier alpha value is -1.61. The number of alkyl halides is 4. The van der Waals surface area contributed by atoms with Crippen molar-refractivity contribution in [3.05, 3.63) is 34.6 Å². The van der Waals surface area contributed by atoms with E-state index in [0.717, 1.165) is 0 Å². The quantitative estimate of drug-likeness (QED) is 0.468. The summed E-state index contributed by atoms with van der Waals surface area (Å²) in [4.78, 5) is 11.2. The molecule has 0 heterocycles. The zero-order chi connectivity index (χ0) is 13.2. The third kappa shape index (κ3) is 2.74. The topological polar surface area (TPSA) is 40.9 Å². The summed E-state index contributed by atoms with van der Waals surface area (Å²) in [5.41, 5.74) is -2.72. The predicted octanol–water partition coefficient (Wildman–Crippen LogP) is 3.14. The second-order valence-electron chi connectivity index (χ2n) is 3.05. The molecule has 0 aliphatic rings. The van der Waals surface area contributed by atoms with Gasteiger partial charge in [-0.05, 0) is 12.1 Å². The van der Waals surface area contributed by atoms with Crippen LogP contribution in [0.4, 0.5) is 17.6 Å². The second-order valence-corrected chi connectivity index (χ2v) is 3.31. The van der Waals surface area contributed by atoms with E-state index in [0.29, 0.717) is 6.07 Å². The van der Waals surface area contributed by atoms with Gasteiger partial charge in [-0.1, -0.05) is 0 Å². The van der Waals surface area contributed by atoms with Gasteiger partial charge in [-0.3, -0.25) is 4.79 Å². The van der Waals surface area contributed by atoms with Gasteiger partial charge in [-0.15, -0.1) is 11.6 Å². The number of carbonyl (C=O) groups excluding carboxylic acids is 1. The fourth-order valence-corrected chi connectivity index (χ4v) is 1.32. The summed E-state index contributed by atoms with van der Waals surface area (Å²) in [5, 5.41) is 8.57. The van der Waals surface area contributed by atoms with Crippen molar-refractivity contribution in [2.45, 2.75) is 6.18 Å². The fourth-order valence-electron chi connectivity index (χ4n) is 1.18. The summed E-state index contributed by atoms with van der Waals surface area (Å²) in [6.45, 7) is 0. The van der Waals surface area contributed by atoms with Gasteiger partial charge in [0.05, 0.1) is 17.0 Å². The van der Waals surface area contributed by atoms with Crippen LogP contribution in [0.25, 0.3) is 0 Å². The normalized spacial score (nSPS) is 11.1. The first kappa shape index (κ1) is 13.5. The van der Waals surface area contributed by atoms with Crippen molar-refractivity contribution in [3.63, 3.8) is 0 Å². The molecule has 0 N–H and O–H groups in total. The first-order valence-corrected chi connectivity index (χ1v) is 4.74. The fraction of sp³-hybridized carbons (Fsp3) is 0.200. The number of Topliss-reactive ketones (excluding diaryl/α,β-unsaturated/α-hetero) is 1. The number of ketones is 1.